The highest BCUT2D eigenvalue weighted by Crippen LogP contribution is 2.51. The monoisotopic (exact) mass is 169 g/mol. The van der Waals surface area contributed by atoms with Gasteiger partial charge in [-0.05, 0) is 37.1 Å². The van der Waals surface area contributed by atoms with E-state index in [1.807, 2.05) is 0 Å². The highest BCUT2D eigenvalue weighted by atomic mass is 16.5. The molecular weight excluding hydrogens is 150 g/mol. The van der Waals surface area contributed by atoms with E-state index in [1.165, 1.54) is 25.8 Å². The van der Waals surface area contributed by atoms with Crippen molar-refractivity contribution < 1.29 is 4.74 Å². The summed E-state index contributed by atoms with van der Waals surface area (Å²) >= 11 is 0. The molecule has 0 radical (unpaired) electrons. The van der Waals surface area contributed by atoms with Crippen LogP contribution in [0, 0.1) is 11.3 Å². The minimum atomic E-state index is 0.497. The van der Waals surface area contributed by atoms with Gasteiger partial charge in [0, 0.05) is 13.2 Å². The summed E-state index contributed by atoms with van der Waals surface area (Å²) in [6.07, 6.45) is 4.14. The average Bonchev–Trinajstić information content (AvgIpc) is 2.85. The van der Waals surface area contributed by atoms with E-state index >= 15 is 0 Å². The molecule has 0 aromatic carbocycles. The Morgan fingerprint density at radius 1 is 1.50 bits per heavy atom. The van der Waals surface area contributed by atoms with E-state index in [4.69, 9.17) is 4.74 Å². The van der Waals surface area contributed by atoms with E-state index in [1.54, 1.807) is 7.11 Å². The molecule has 2 fully saturated rings. The van der Waals surface area contributed by atoms with Crippen molar-refractivity contribution in [2.24, 2.45) is 11.3 Å². The van der Waals surface area contributed by atoms with Crippen molar-refractivity contribution in [2.45, 2.75) is 32.2 Å². The van der Waals surface area contributed by atoms with Gasteiger partial charge in [0.1, 0.15) is 0 Å². The molecule has 0 aromatic rings. The minimum absolute atomic E-state index is 0.497. The molecule has 2 aliphatic rings. The summed E-state index contributed by atoms with van der Waals surface area (Å²) in [6.45, 7) is 4.48. The zero-order valence-corrected chi connectivity index (χ0v) is 8.10. The average molecular weight is 169 g/mol. The van der Waals surface area contributed by atoms with Crippen LogP contribution in [-0.2, 0) is 4.74 Å². The van der Waals surface area contributed by atoms with Gasteiger partial charge in [-0.1, -0.05) is 6.92 Å². The molecule has 2 aliphatic carbocycles. The van der Waals surface area contributed by atoms with Crippen molar-refractivity contribution >= 4 is 0 Å². The summed E-state index contributed by atoms with van der Waals surface area (Å²) < 4.78 is 5.19. The largest absolute Gasteiger partial charge is 0.384 e. The second-order valence-corrected chi connectivity index (χ2v) is 4.67. The van der Waals surface area contributed by atoms with Crippen LogP contribution in [0.3, 0.4) is 0 Å². The van der Waals surface area contributed by atoms with Crippen LogP contribution in [0.4, 0.5) is 0 Å². The standard InChI is InChI=1S/C10H19NO/c1-10(7-12-2)5-8(10)6-11-9-3-4-9/h8-9,11H,3-7H2,1-2H3. The van der Waals surface area contributed by atoms with Crippen LogP contribution in [0.25, 0.3) is 0 Å². The zero-order chi connectivity index (χ0) is 8.60. The van der Waals surface area contributed by atoms with Crippen molar-refractivity contribution in [1.29, 1.82) is 0 Å². The van der Waals surface area contributed by atoms with Gasteiger partial charge < -0.3 is 10.1 Å². The molecule has 0 spiro atoms. The van der Waals surface area contributed by atoms with E-state index in [0.717, 1.165) is 18.6 Å². The number of hydrogen-bond acceptors (Lipinski definition) is 2. The molecule has 0 aromatic heterocycles. The summed E-state index contributed by atoms with van der Waals surface area (Å²) in [5, 5.41) is 3.58. The third-order valence-electron chi connectivity index (χ3n) is 3.24. The molecule has 2 saturated carbocycles. The van der Waals surface area contributed by atoms with E-state index in [9.17, 15) is 0 Å². The second kappa shape index (κ2) is 3.00. The molecule has 0 heterocycles. The van der Waals surface area contributed by atoms with Gasteiger partial charge in [-0.25, -0.2) is 0 Å². The van der Waals surface area contributed by atoms with Crippen LogP contribution < -0.4 is 5.32 Å². The quantitative estimate of drug-likeness (QED) is 0.672. The first-order valence-electron chi connectivity index (χ1n) is 4.97. The van der Waals surface area contributed by atoms with Crippen molar-refractivity contribution in [3.05, 3.63) is 0 Å². The van der Waals surface area contributed by atoms with Crippen LogP contribution in [0.2, 0.25) is 0 Å². The highest BCUT2D eigenvalue weighted by Gasteiger charge is 2.49. The lowest BCUT2D eigenvalue weighted by molar-refractivity contribution is 0.141. The molecule has 12 heavy (non-hydrogen) atoms. The van der Waals surface area contributed by atoms with Crippen LogP contribution >= 0.6 is 0 Å². The van der Waals surface area contributed by atoms with Crippen molar-refractivity contribution in [1.82, 2.24) is 5.32 Å². The fourth-order valence-electron chi connectivity index (χ4n) is 1.93. The number of methoxy groups -OCH3 is 1. The molecule has 2 heteroatoms. The predicted molar refractivity (Wildman–Crippen MR) is 49.1 cm³/mol. The molecule has 0 aliphatic heterocycles. The topological polar surface area (TPSA) is 21.3 Å². The fourth-order valence-corrected chi connectivity index (χ4v) is 1.93. The van der Waals surface area contributed by atoms with E-state index in [-0.39, 0.29) is 0 Å². The van der Waals surface area contributed by atoms with Gasteiger partial charge in [-0.3, -0.25) is 0 Å². The van der Waals surface area contributed by atoms with Gasteiger partial charge in [-0.2, -0.15) is 0 Å². The number of nitrogens with one attached hydrogen (secondary N) is 1. The second-order valence-electron chi connectivity index (χ2n) is 4.67. The number of ether oxygens (including phenoxy) is 1. The minimum Gasteiger partial charge on any atom is -0.384 e. The summed E-state index contributed by atoms with van der Waals surface area (Å²) in [5.74, 6) is 0.873. The maximum atomic E-state index is 5.19. The molecular formula is C10H19NO. The molecule has 2 unspecified atom stereocenters. The molecule has 2 rings (SSSR count). The van der Waals surface area contributed by atoms with Crippen molar-refractivity contribution in [3.8, 4) is 0 Å². The van der Waals surface area contributed by atoms with E-state index in [0.29, 0.717) is 5.41 Å². The molecule has 2 nitrogen and oxygen atoms in total. The van der Waals surface area contributed by atoms with Crippen molar-refractivity contribution in [3.63, 3.8) is 0 Å². The lowest BCUT2D eigenvalue weighted by atomic mass is 10.1. The summed E-state index contributed by atoms with van der Waals surface area (Å²) in [5.41, 5.74) is 0.497. The predicted octanol–water partition coefficient (Wildman–Crippen LogP) is 1.41. The Morgan fingerprint density at radius 3 is 2.83 bits per heavy atom. The third kappa shape index (κ3) is 1.80. The number of rotatable bonds is 5. The molecule has 0 bridgehead atoms. The van der Waals surface area contributed by atoms with Crippen molar-refractivity contribution in [2.75, 3.05) is 20.3 Å². The molecule has 70 valence electrons. The normalized spacial score (nSPS) is 40.0. The Morgan fingerprint density at radius 2 is 2.25 bits per heavy atom. The van der Waals surface area contributed by atoms with Gasteiger partial charge in [0.25, 0.3) is 0 Å². The van der Waals surface area contributed by atoms with Gasteiger partial charge in [0.15, 0.2) is 0 Å². The molecule has 0 saturated heterocycles. The Hall–Kier alpha value is -0.0800. The van der Waals surface area contributed by atoms with Crippen LogP contribution in [0.5, 0.6) is 0 Å². The van der Waals surface area contributed by atoms with E-state index < -0.39 is 0 Å². The summed E-state index contributed by atoms with van der Waals surface area (Å²) in [6, 6.07) is 0.859. The summed E-state index contributed by atoms with van der Waals surface area (Å²) in [4.78, 5) is 0. The SMILES string of the molecule is COCC1(C)CC1CNC1CC1. The first kappa shape index (κ1) is 8.52. The van der Waals surface area contributed by atoms with Crippen LogP contribution in [-0.4, -0.2) is 26.3 Å². The fraction of sp³-hybridized carbons (Fsp3) is 1.00. The van der Waals surface area contributed by atoms with Gasteiger partial charge in [0.05, 0.1) is 6.61 Å². The van der Waals surface area contributed by atoms with Gasteiger partial charge in [0.2, 0.25) is 0 Å². The third-order valence-corrected chi connectivity index (χ3v) is 3.24. The molecule has 0 amide bonds. The lowest BCUT2D eigenvalue weighted by Crippen LogP contribution is -2.22. The van der Waals surface area contributed by atoms with Gasteiger partial charge in [-0.15, -0.1) is 0 Å². The molecule has 2 atom stereocenters. The zero-order valence-electron chi connectivity index (χ0n) is 8.10. The molecule has 1 N–H and O–H groups in total. The Labute approximate surface area is 74.7 Å². The Kier molecular flexibility index (Phi) is 2.13. The summed E-state index contributed by atoms with van der Waals surface area (Å²) in [7, 11) is 1.80. The van der Waals surface area contributed by atoms with E-state index in [2.05, 4.69) is 12.2 Å². The maximum absolute atomic E-state index is 5.19. The van der Waals surface area contributed by atoms with Crippen LogP contribution in [0.1, 0.15) is 26.2 Å². The first-order chi connectivity index (χ1) is 5.74. The Balaban J connectivity index is 1.64. The lowest BCUT2D eigenvalue weighted by Gasteiger charge is -2.09. The van der Waals surface area contributed by atoms with Gasteiger partial charge >= 0.3 is 0 Å². The highest BCUT2D eigenvalue weighted by molar-refractivity contribution is 5.00. The van der Waals surface area contributed by atoms with Crippen LogP contribution in [0.15, 0.2) is 0 Å². The maximum Gasteiger partial charge on any atom is 0.0519 e. The number of hydrogen-bond donors (Lipinski definition) is 1. The Bertz CT molecular complexity index is 167. The first-order valence-corrected chi connectivity index (χ1v) is 4.97. The smallest absolute Gasteiger partial charge is 0.0519 e.